The number of aliphatic hydroxyl groups excluding tert-OH is 1. The number of hydrogen-bond donors (Lipinski definition) is 2. The van der Waals surface area contributed by atoms with Crippen molar-refractivity contribution in [1.29, 1.82) is 0 Å². The molecule has 104 valence electrons. The summed E-state index contributed by atoms with van der Waals surface area (Å²) in [5.74, 6) is -0.200. The van der Waals surface area contributed by atoms with E-state index in [1.54, 1.807) is 0 Å². The zero-order valence-corrected chi connectivity index (χ0v) is 10.7. The summed E-state index contributed by atoms with van der Waals surface area (Å²) >= 11 is 5.82. The topological polar surface area (TPSA) is 70.0 Å². The molecule has 0 aliphatic carbocycles. The lowest BCUT2D eigenvalue weighted by Crippen LogP contribution is -2.50. The van der Waals surface area contributed by atoms with Crippen LogP contribution >= 0.6 is 11.6 Å². The minimum atomic E-state index is -1.07. The summed E-state index contributed by atoms with van der Waals surface area (Å²) in [5.41, 5.74) is 0. The molecule has 1 fully saturated rings. The Kier molecular flexibility index (Phi) is 4.11. The lowest BCUT2D eigenvalue weighted by molar-refractivity contribution is -0.0200. The monoisotopic (exact) mass is 289 g/mol. The number of likely N-dealkylation sites (tertiary alicyclic amines) is 1. The van der Waals surface area contributed by atoms with Crippen LogP contribution in [-0.4, -0.2) is 46.5 Å². The molecule has 1 aliphatic rings. The van der Waals surface area contributed by atoms with E-state index in [9.17, 15) is 14.3 Å². The second-order valence-electron chi connectivity index (χ2n) is 4.32. The van der Waals surface area contributed by atoms with Gasteiger partial charge in [-0.25, -0.2) is 9.18 Å². The standard InChI is InChI=1S/C12H13ClFNO4/c13-8-5-7(14)1-2-10(8)19-11-3-4-15(12(17)18)6-9(11)16/h1-2,5,9,11,16H,3-4,6H2,(H,17,18)/t9-,11-/m1/s1. The largest absolute Gasteiger partial charge is 0.486 e. The molecule has 5 nitrogen and oxygen atoms in total. The predicted octanol–water partition coefficient (Wildman–Crippen LogP) is 1.97. The van der Waals surface area contributed by atoms with Crippen LogP contribution in [0.15, 0.2) is 18.2 Å². The highest BCUT2D eigenvalue weighted by molar-refractivity contribution is 6.32. The van der Waals surface area contributed by atoms with Crippen molar-refractivity contribution in [3.63, 3.8) is 0 Å². The van der Waals surface area contributed by atoms with Crippen molar-refractivity contribution in [2.75, 3.05) is 13.1 Å². The molecule has 0 bridgehead atoms. The number of carbonyl (C=O) groups is 1. The molecule has 0 saturated carbocycles. The van der Waals surface area contributed by atoms with Crippen LogP contribution in [0.3, 0.4) is 0 Å². The Morgan fingerprint density at radius 3 is 2.84 bits per heavy atom. The lowest BCUT2D eigenvalue weighted by atomic mass is 10.1. The average molecular weight is 290 g/mol. The zero-order chi connectivity index (χ0) is 14.0. The molecule has 1 aromatic carbocycles. The first-order valence-electron chi connectivity index (χ1n) is 5.75. The molecule has 2 rings (SSSR count). The van der Waals surface area contributed by atoms with E-state index in [0.29, 0.717) is 6.42 Å². The number of nitrogens with zero attached hydrogens (tertiary/aromatic N) is 1. The van der Waals surface area contributed by atoms with E-state index in [4.69, 9.17) is 21.4 Å². The quantitative estimate of drug-likeness (QED) is 0.873. The number of ether oxygens (including phenoxy) is 1. The van der Waals surface area contributed by atoms with Gasteiger partial charge >= 0.3 is 6.09 Å². The van der Waals surface area contributed by atoms with E-state index in [1.165, 1.54) is 12.1 Å². The SMILES string of the molecule is O=C(O)N1CC[C@@H](Oc2ccc(F)cc2Cl)[C@H](O)C1. The Labute approximate surface area is 114 Å². The fourth-order valence-electron chi connectivity index (χ4n) is 1.96. The van der Waals surface area contributed by atoms with Crippen LogP contribution in [0.5, 0.6) is 5.75 Å². The van der Waals surface area contributed by atoms with Gasteiger partial charge in [0, 0.05) is 13.0 Å². The van der Waals surface area contributed by atoms with Gasteiger partial charge in [-0.3, -0.25) is 0 Å². The Morgan fingerprint density at radius 2 is 2.26 bits per heavy atom. The highest BCUT2D eigenvalue weighted by Crippen LogP contribution is 2.28. The molecule has 1 aliphatic heterocycles. The van der Waals surface area contributed by atoms with Crippen LogP contribution < -0.4 is 4.74 Å². The van der Waals surface area contributed by atoms with Crippen molar-refractivity contribution in [2.24, 2.45) is 0 Å². The smallest absolute Gasteiger partial charge is 0.407 e. The Morgan fingerprint density at radius 1 is 1.53 bits per heavy atom. The number of β-amino-alcohol motifs (C(OH)–C–C–N with tert-alkyl or cyclic N) is 1. The predicted molar refractivity (Wildman–Crippen MR) is 66.0 cm³/mol. The van der Waals surface area contributed by atoms with E-state index >= 15 is 0 Å². The number of rotatable bonds is 2. The van der Waals surface area contributed by atoms with E-state index in [0.717, 1.165) is 11.0 Å². The van der Waals surface area contributed by atoms with Gasteiger partial charge in [0.25, 0.3) is 0 Å². The van der Waals surface area contributed by atoms with Crippen molar-refractivity contribution in [3.05, 3.63) is 29.0 Å². The first-order chi connectivity index (χ1) is 8.97. The molecule has 7 heteroatoms. The molecule has 2 atom stereocenters. The molecular formula is C12H13ClFNO4. The highest BCUT2D eigenvalue weighted by Gasteiger charge is 2.31. The average Bonchev–Trinajstić information content (AvgIpc) is 2.34. The van der Waals surface area contributed by atoms with Crippen molar-refractivity contribution >= 4 is 17.7 Å². The molecular weight excluding hydrogens is 277 g/mol. The number of aliphatic hydroxyl groups is 1. The second kappa shape index (κ2) is 5.63. The highest BCUT2D eigenvalue weighted by atomic mass is 35.5. The summed E-state index contributed by atoms with van der Waals surface area (Å²) in [6, 6.07) is 3.71. The van der Waals surface area contributed by atoms with Crippen LogP contribution in [0, 0.1) is 5.82 Å². The molecule has 0 spiro atoms. The summed E-state index contributed by atoms with van der Waals surface area (Å²) in [4.78, 5) is 11.9. The molecule has 0 radical (unpaired) electrons. The third kappa shape index (κ3) is 3.27. The van der Waals surface area contributed by atoms with Gasteiger partial charge in [0.2, 0.25) is 0 Å². The Bertz CT molecular complexity index is 485. The maximum atomic E-state index is 12.9. The van der Waals surface area contributed by atoms with Gasteiger partial charge in [-0.15, -0.1) is 0 Å². The van der Waals surface area contributed by atoms with Crippen LogP contribution in [-0.2, 0) is 0 Å². The second-order valence-corrected chi connectivity index (χ2v) is 4.72. The summed E-state index contributed by atoms with van der Waals surface area (Å²) in [5, 5.41) is 18.8. The van der Waals surface area contributed by atoms with Crippen molar-refractivity contribution < 1.29 is 24.1 Å². The maximum Gasteiger partial charge on any atom is 0.407 e. The number of amides is 1. The number of piperidine rings is 1. The van der Waals surface area contributed by atoms with E-state index in [2.05, 4.69) is 0 Å². The molecule has 2 N–H and O–H groups in total. The minimum absolute atomic E-state index is 0.0151. The van der Waals surface area contributed by atoms with Crippen molar-refractivity contribution in [3.8, 4) is 5.75 Å². The fourth-order valence-corrected chi connectivity index (χ4v) is 2.17. The molecule has 1 saturated heterocycles. The van der Waals surface area contributed by atoms with Crippen molar-refractivity contribution in [1.82, 2.24) is 4.90 Å². The molecule has 1 amide bonds. The van der Waals surface area contributed by atoms with Gasteiger partial charge in [0.05, 0.1) is 11.6 Å². The van der Waals surface area contributed by atoms with E-state index < -0.39 is 24.1 Å². The molecule has 19 heavy (non-hydrogen) atoms. The lowest BCUT2D eigenvalue weighted by Gasteiger charge is -2.34. The first kappa shape index (κ1) is 13.9. The third-order valence-corrected chi connectivity index (χ3v) is 3.26. The van der Waals surface area contributed by atoms with Gasteiger partial charge in [0.1, 0.15) is 23.8 Å². The fraction of sp³-hybridized carbons (Fsp3) is 0.417. The minimum Gasteiger partial charge on any atom is -0.486 e. The molecule has 1 heterocycles. The number of halogens is 2. The van der Waals surface area contributed by atoms with E-state index in [-0.39, 0.29) is 23.9 Å². The first-order valence-corrected chi connectivity index (χ1v) is 6.13. The number of carboxylic acid groups (broad SMARTS) is 1. The van der Waals surface area contributed by atoms with Crippen LogP contribution in [0.4, 0.5) is 9.18 Å². The summed E-state index contributed by atoms with van der Waals surface area (Å²) in [6.07, 6.45) is -2.22. The Balaban J connectivity index is 2.02. The van der Waals surface area contributed by atoms with Crippen molar-refractivity contribution in [2.45, 2.75) is 18.6 Å². The van der Waals surface area contributed by atoms with E-state index in [1.807, 2.05) is 0 Å². The third-order valence-electron chi connectivity index (χ3n) is 2.96. The number of hydrogen-bond acceptors (Lipinski definition) is 3. The molecule has 1 aromatic rings. The van der Waals surface area contributed by atoms with Gasteiger partial charge in [-0.1, -0.05) is 11.6 Å². The molecule has 0 aromatic heterocycles. The van der Waals surface area contributed by atoms with Gasteiger partial charge in [-0.05, 0) is 18.2 Å². The molecule has 0 unspecified atom stereocenters. The summed E-state index contributed by atoms with van der Waals surface area (Å²) < 4.78 is 18.4. The number of benzene rings is 1. The maximum absolute atomic E-state index is 12.9. The van der Waals surface area contributed by atoms with Crippen LogP contribution in [0.2, 0.25) is 5.02 Å². The van der Waals surface area contributed by atoms with Crippen LogP contribution in [0.1, 0.15) is 6.42 Å². The van der Waals surface area contributed by atoms with Gasteiger partial charge in [-0.2, -0.15) is 0 Å². The van der Waals surface area contributed by atoms with Gasteiger partial charge in [0.15, 0.2) is 0 Å². The zero-order valence-electron chi connectivity index (χ0n) is 9.92. The summed E-state index contributed by atoms with van der Waals surface area (Å²) in [7, 11) is 0. The van der Waals surface area contributed by atoms with Crippen LogP contribution in [0.25, 0.3) is 0 Å². The van der Waals surface area contributed by atoms with Gasteiger partial charge < -0.3 is 19.8 Å². The summed E-state index contributed by atoms with van der Waals surface area (Å²) in [6.45, 7) is 0.259. The normalized spacial score (nSPS) is 23.2. The Hall–Kier alpha value is -1.53.